The van der Waals surface area contributed by atoms with Crippen LogP contribution < -0.4 is 10.6 Å². The number of rotatable bonds is 6. The van der Waals surface area contributed by atoms with E-state index < -0.39 is 6.10 Å². The second kappa shape index (κ2) is 6.44. The molecule has 0 unspecified atom stereocenters. The first kappa shape index (κ1) is 13.7. The van der Waals surface area contributed by atoms with E-state index in [9.17, 15) is 9.90 Å². The lowest BCUT2D eigenvalue weighted by atomic mass is 10.2. The molecule has 0 bridgehead atoms. The van der Waals surface area contributed by atoms with E-state index in [-0.39, 0.29) is 24.2 Å². The highest BCUT2D eigenvalue weighted by atomic mass is 16.5. The number of amides is 1. The number of aromatic nitrogens is 2. The van der Waals surface area contributed by atoms with Gasteiger partial charge in [0.25, 0.3) is 5.91 Å². The fourth-order valence-electron chi connectivity index (χ4n) is 1.53. The Hall–Kier alpha value is -1.73. The maximum atomic E-state index is 11.8. The summed E-state index contributed by atoms with van der Waals surface area (Å²) >= 11 is 0. The zero-order valence-corrected chi connectivity index (χ0v) is 10.8. The Bertz CT molecular complexity index is 437. The maximum absolute atomic E-state index is 11.8. The van der Waals surface area contributed by atoms with Crippen LogP contribution in [0.25, 0.3) is 0 Å². The molecule has 0 radical (unpaired) electrons. The summed E-state index contributed by atoms with van der Waals surface area (Å²) in [7, 11) is 0. The molecular formula is C12H18N4O3. The van der Waals surface area contributed by atoms with Gasteiger partial charge in [-0.2, -0.15) is 0 Å². The molecule has 1 atom stereocenters. The zero-order chi connectivity index (χ0) is 13.7. The van der Waals surface area contributed by atoms with Crippen molar-refractivity contribution in [1.29, 1.82) is 0 Å². The predicted molar refractivity (Wildman–Crippen MR) is 68.9 cm³/mol. The number of aliphatic hydroxyl groups is 1. The van der Waals surface area contributed by atoms with Gasteiger partial charge in [0.05, 0.1) is 25.4 Å². The lowest BCUT2D eigenvalue weighted by molar-refractivity contribution is 0.0209. The van der Waals surface area contributed by atoms with E-state index in [0.717, 1.165) is 0 Å². The Morgan fingerprint density at radius 3 is 3.00 bits per heavy atom. The average molecular weight is 266 g/mol. The molecule has 0 saturated carbocycles. The van der Waals surface area contributed by atoms with E-state index in [1.54, 1.807) is 6.07 Å². The van der Waals surface area contributed by atoms with Gasteiger partial charge >= 0.3 is 0 Å². The molecule has 19 heavy (non-hydrogen) atoms. The summed E-state index contributed by atoms with van der Waals surface area (Å²) in [4.78, 5) is 19.8. The lowest BCUT2D eigenvalue weighted by Gasteiger charge is -2.27. The Morgan fingerprint density at radius 2 is 2.37 bits per heavy atom. The van der Waals surface area contributed by atoms with E-state index in [0.29, 0.717) is 25.5 Å². The summed E-state index contributed by atoms with van der Waals surface area (Å²) in [6.07, 6.45) is 1.40. The second-order valence-corrected chi connectivity index (χ2v) is 4.44. The van der Waals surface area contributed by atoms with Crippen molar-refractivity contribution >= 4 is 11.7 Å². The smallest absolute Gasteiger partial charge is 0.270 e. The Balaban J connectivity index is 1.91. The Kier molecular flexibility index (Phi) is 4.64. The maximum Gasteiger partial charge on any atom is 0.270 e. The Morgan fingerprint density at radius 1 is 1.58 bits per heavy atom. The molecule has 0 aliphatic carbocycles. The van der Waals surface area contributed by atoms with Crippen LogP contribution in [0, 0.1) is 0 Å². The van der Waals surface area contributed by atoms with Crippen molar-refractivity contribution in [3.05, 3.63) is 18.1 Å². The van der Waals surface area contributed by atoms with Gasteiger partial charge in [0.2, 0.25) is 0 Å². The first-order chi connectivity index (χ1) is 9.19. The minimum atomic E-state index is -0.532. The zero-order valence-electron chi connectivity index (χ0n) is 10.8. The third kappa shape index (κ3) is 3.87. The molecule has 0 spiro atoms. The van der Waals surface area contributed by atoms with Crippen molar-refractivity contribution < 1.29 is 14.6 Å². The molecule has 1 amide bonds. The van der Waals surface area contributed by atoms with E-state index in [1.165, 1.54) is 6.33 Å². The number of nitrogens with one attached hydrogen (secondary N) is 2. The van der Waals surface area contributed by atoms with Crippen LogP contribution in [-0.4, -0.2) is 52.9 Å². The van der Waals surface area contributed by atoms with E-state index in [1.807, 2.05) is 6.92 Å². The highest BCUT2D eigenvalue weighted by Crippen LogP contribution is 2.10. The number of anilines is 1. The molecule has 2 rings (SSSR count). The molecule has 3 N–H and O–H groups in total. The van der Waals surface area contributed by atoms with Crippen LogP contribution in [0.5, 0.6) is 0 Å². The fourth-order valence-corrected chi connectivity index (χ4v) is 1.53. The number of hydrogen-bond acceptors (Lipinski definition) is 6. The highest BCUT2D eigenvalue weighted by Gasteiger charge is 2.19. The van der Waals surface area contributed by atoms with E-state index >= 15 is 0 Å². The second-order valence-electron chi connectivity index (χ2n) is 4.44. The lowest BCUT2D eigenvalue weighted by Crippen LogP contribution is -2.40. The Labute approximate surface area is 111 Å². The van der Waals surface area contributed by atoms with Crippen LogP contribution in [0.1, 0.15) is 23.8 Å². The molecule has 0 aromatic carbocycles. The largest absolute Gasteiger partial charge is 0.391 e. The van der Waals surface area contributed by atoms with Gasteiger partial charge in [-0.15, -0.1) is 0 Å². The van der Waals surface area contributed by atoms with Gasteiger partial charge in [-0.05, 0) is 6.42 Å². The van der Waals surface area contributed by atoms with Crippen LogP contribution >= 0.6 is 0 Å². The molecule has 7 heteroatoms. The van der Waals surface area contributed by atoms with Gasteiger partial charge in [-0.25, -0.2) is 9.97 Å². The topological polar surface area (TPSA) is 96.4 Å². The predicted octanol–water partition coefficient (Wildman–Crippen LogP) is -0.212. The third-order valence-electron chi connectivity index (χ3n) is 2.86. The fraction of sp³-hybridized carbons (Fsp3) is 0.583. The number of ether oxygens (including phenoxy) is 1. The molecule has 1 aliphatic rings. The molecule has 2 heterocycles. The molecule has 1 aliphatic heterocycles. The van der Waals surface area contributed by atoms with Gasteiger partial charge in [-0.1, -0.05) is 6.92 Å². The number of aliphatic hydroxyl groups excluding tert-OH is 1. The minimum Gasteiger partial charge on any atom is -0.391 e. The molecule has 1 aromatic rings. The van der Waals surface area contributed by atoms with Crippen LogP contribution in [-0.2, 0) is 4.74 Å². The molecule has 1 saturated heterocycles. The van der Waals surface area contributed by atoms with Crippen molar-refractivity contribution in [2.75, 3.05) is 25.1 Å². The van der Waals surface area contributed by atoms with Crippen LogP contribution in [0.2, 0.25) is 0 Å². The van der Waals surface area contributed by atoms with Crippen molar-refractivity contribution in [3.8, 4) is 0 Å². The van der Waals surface area contributed by atoms with Gasteiger partial charge in [0.1, 0.15) is 17.8 Å². The summed E-state index contributed by atoms with van der Waals surface area (Å²) in [5, 5.41) is 15.2. The molecule has 7 nitrogen and oxygen atoms in total. The summed E-state index contributed by atoms with van der Waals surface area (Å²) in [5.41, 5.74) is 0.279. The summed E-state index contributed by atoms with van der Waals surface area (Å²) in [6, 6.07) is 1.83. The van der Waals surface area contributed by atoms with Gasteiger partial charge in [0, 0.05) is 12.6 Å². The summed E-state index contributed by atoms with van der Waals surface area (Å²) in [6.45, 7) is 3.37. The van der Waals surface area contributed by atoms with Gasteiger partial charge in [-0.3, -0.25) is 4.79 Å². The van der Waals surface area contributed by atoms with Gasteiger partial charge in [0.15, 0.2) is 0 Å². The van der Waals surface area contributed by atoms with Crippen LogP contribution in [0.4, 0.5) is 5.82 Å². The summed E-state index contributed by atoms with van der Waals surface area (Å²) < 4.78 is 5.05. The van der Waals surface area contributed by atoms with Crippen molar-refractivity contribution in [2.24, 2.45) is 0 Å². The SMILES string of the molecule is CC[C@@H](O)CNC(=O)c1cc(NC2COC2)ncn1. The highest BCUT2D eigenvalue weighted by molar-refractivity contribution is 5.92. The van der Waals surface area contributed by atoms with E-state index in [4.69, 9.17) is 4.74 Å². The monoisotopic (exact) mass is 266 g/mol. The first-order valence-electron chi connectivity index (χ1n) is 6.31. The number of carbonyl (C=O) groups is 1. The minimum absolute atomic E-state index is 0.221. The van der Waals surface area contributed by atoms with Gasteiger partial charge < -0.3 is 20.5 Å². The van der Waals surface area contributed by atoms with E-state index in [2.05, 4.69) is 20.6 Å². The van der Waals surface area contributed by atoms with Crippen molar-refractivity contribution in [2.45, 2.75) is 25.5 Å². The molecule has 104 valence electrons. The van der Waals surface area contributed by atoms with Crippen LogP contribution in [0.15, 0.2) is 12.4 Å². The first-order valence-corrected chi connectivity index (χ1v) is 6.31. The number of carbonyl (C=O) groups excluding carboxylic acids is 1. The standard InChI is InChI=1S/C12H18N4O3/c1-2-9(17)4-13-12(18)10-3-11(15-7-14-10)16-8-5-19-6-8/h3,7-9,17H,2,4-6H2,1H3,(H,13,18)(H,14,15,16)/t9-/m1/s1. The van der Waals surface area contributed by atoms with Crippen molar-refractivity contribution in [1.82, 2.24) is 15.3 Å². The number of hydrogen-bond donors (Lipinski definition) is 3. The molecular weight excluding hydrogens is 248 g/mol. The number of nitrogens with zero attached hydrogens (tertiary/aromatic N) is 2. The van der Waals surface area contributed by atoms with Crippen LogP contribution in [0.3, 0.4) is 0 Å². The molecule has 1 fully saturated rings. The molecule has 1 aromatic heterocycles. The summed E-state index contributed by atoms with van der Waals surface area (Å²) in [5.74, 6) is 0.285. The third-order valence-corrected chi connectivity index (χ3v) is 2.86. The normalized spacial score (nSPS) is 16.5. The average Bonchev–Trinajstić information content (AvgIpc) is 2.40. The quantitative estimate of drug-likeness (QED) is 0.659. The van der Waals surface area contributed by atoms with Crippen molar-refractivity contribution in [3.63, 3.8) is 0 Å².